The number of carbonyl (C=O) groups excluding carboxylic acids is 3. The molecule has 1 atom stereocenters. The van der Waals surface area contributed by atoms with E-state index in [9.17, 15) is 23.6 Å². The summed E-state index contributed by atoms with van der Waals surface area (Å²) in [6.45, 7) is 1.69. The van der Waals surface area contributed by atoms with Crippen LogP contribution in [-0.4, -0.2) is 59.2 Å². The first-order chi connectivity index (χ1) is 19.6. The summed E-state index contributed by atoms with van der Waals surface area (Å²) in [5, 5.41) is 5.51. The maximum atomic E-state index is 13.7. The molecule has 10 heteroatoms. The molecule has 0 unspecified atom stereocenters. The summed E-state index contributed by atoms with van der Waals surface area (Å²) in [6.07, 6.45) is 2.95. The van der Waals surface area contributed by atoms with Crippen LogP contribution in [0.5, 0.6) is 0 Å². The van der Waals surface area contributed by atoms with E-state index in [1.54, 1.807) is 64.5 Å². The number of amides is 2. The molecule has 0 aliphatic carbocycles. The van der Waals surface area contributed by atoms with Crippen molar-refractivity contribution in [2.45, 2.75) is 19.5 Å². The van der Waals surface area contributed by atoms with Crippen molar-refractivity contribution >= 4 is 23.3 Å². The normalized spacial score (nSPS) is 11.5. The molecule has 2 heterocycles. The highest BCUT2D eigenvalue weighted by Gasteiger charge is 2.18. The van der Waals surface area contributed by atoms with Gasteiger partial charge in [0.1, 0.15) is 11.5 Å². The zero-order chi connectivity index (χ0) is 29.7. The van der Waals surface area contributed by atoms with Gasteiger partial charge >= 0.3 is 0 Å². The molecule has 0 saturated heterocycles. The Kier molecular flexibility index (Phi) is 8.84. The number of anilines is 1. The molecule has 4 rings (SSSR count). The van der Waals surface area contributed by atoms with Crippen LogP contribution in [-0.2, 0) is 11.3 Å². The largest absolute Gasteiger partial charge is 0.345 e. The van der Waals surface area contributed by atoms with Gasteiger partial charge in [-0.15, -0.1) is 0 Å². The van der Waals surface area contributed by atoms with Crippen LogP contribution < -0.4 is 16.2 Å². The summed E-state index contributed by atoms with van der Waals surface area (Å²) in [4.78, 5) is 57.6. The lowest BCUT2D eigenvalue weighted by Gasteiger charge is -2.18. The fourth-order valence-electron chi connectivity index (χ4n) is 4.17. The van der Waals surface area contributed by atoms with Crippen LogP contribution in [0.15, 0.2) is 83.9 Å². The Bertz CT molecular complexity index is 1660. The van der Waals surface area contributed by atoms with Crippen molar-refractivity contribution in [1.82, 2.24) is 19.8 Å². The number of nitrogens with one attached hydrogen (secondary N) is 2. The van der Waals surface area contributed by atoms with Crippen LogP contribution in [0.2, 0.25) is 0 Å². The minimum absolute atomic E-state index is 0.0167. The van der Waals surface area contributed by atoms with Gasteiger partial charge in [0.25, 0.3) is 11.5 Å². The molecule has 0 spiro atoms. The molecule has 0 radical (unpaired) electrons. The second-order valence-corrected chi connectivity index (χ2v) is 9.72. The third-order valence-electron chi connectivity index (χ3n) is 6.57. The summed E-state index contributed by atoms with van der Waals surface area (Å²) in [5.41, 5.74) is 2.28. The monoisotopic (exact) mass is 555 g/mol. The van der Waals surface area contributed by atoms with Crippen LogP contribution in [0.25, 0.3) is 11.3 Å². The van der Waals surface area contributed by atoms with E-state index in [0.717, 1.165) is 0 Å². The highest BCUT2D eigenvalue weighted by atomic mass is 19.1. The SMILES string of the molecule is CN[C@@H](C)C(=O)Nc1ccc(-c2cccc(C(=O)N(C)C)c2)n(Cc2cncc(C(=O)c3ccc(F)cc3)c2)c1=O. The molecule has 4 aromatic rings. The first-order valence-electron chi connectivity index (χ1n) is 12.9. The van der Waals surface area contributed by atoms with Crippen molar-refractivity contribution in [3.63, 3.8) is 0 Å². The molecule has 2 aromatic heterocycles. The average Bonchev–Trinajstić information content (AvgIpc) is 2.98. The molecule has 0 saturated carbocycles. The van der Waals surface area contributed by atoms with E-state index in [0.29, 0.717) is 27.9 Å². The van der Waals surface area contributed by atoms with Gasteiger partial charge in [0.15, 0.2) is 5.78 Å². The van der Waals surface area contributed by atoms with Crippen LogP contribution in [0, 0.1) is 5.82 Å². The standard InChI is InChI=1S/C31H30FN5O4/c1-19(33-2)29(39)35-26-12-13-27(22-6-5-7-23(15-22)30(40)36(3)4)37(31(26)41)18-20-14-24(17-34-16-20)28(38)21-8-10-25(32)11-9-21/h5-17,19,33H,18H2,1-4H3,(H,35,39)/t19-/m0/s1. The Hall–Kier alpha value is -4.96. The highest BCUT2D eigenvalue weighted by Crippen LogP contribution is 2.23. The molecule has 210 valence electrons. The van der Waals surface area contributed by atoms with Gasteiger partial charge in [-0.3, -0.25) is 24.2 Å². The van der Waals surface area contributed by atoms with Crippen molar-refractivity contribution in [3.05, 3.63) is 118 Å². The molecule has 0 aliphatic heterocycles. The lowest BCUT2D eigenvalue weighted by molar-refractivity contribution is -0.117. The van der Waals surface area contributed by atoms with Gasteiger partial charge in [-0.2, -0.15) is 0 Å². The van der Waals surface area contributed by atoms with Gasteiger partial charge in [-0.05, 0) is 79.7 Å². The number of aromatic nitrogens is 2. The Morgan fingerprint density at radius 1 is 0.951 bits per heavy atom. The number of carbonyl (C=O) groups is 3. The summed E-state index contributed by atoms with van der Waals surface area (Å²) < 4.78 is 14.8. The number of hydrogen-bond acceptors (Lipinski definition) is 6. The molecular weight excluding hydrogens is 525 g/mol. The molecule has 0 fully saturated rings. The van der Waals surface area contributed by atoms with E-state index in [-0.39, 0.29) is 35.4 Å². The maximum Gasteiger partial charge on any atom is 0.275 e. The molecule has 2 aromatic carbocycles. The second-order valence-electron chi connectivity index (χ2n) is 9.72. The van der Waals surface area contributed by atoms with E-state index < -0.39 is 17.4 Å². The van der Waals surface area contributed by atoms with E-state index in [4.69, 9.17) is 0 Å². The number of nitrogens with zero attached hydrogens (tertiary/aromatic N) is 3. The first-order valence-corrected chi connectivity index (χ1v) is 12.9. The number of rotatable bonds is 9. The predicted octanol–water partition coefficient (Wildman–Crippen LogP) is 3.58. The number of benzene rings is 2. The quantitative estimate of drug-likeness (QED) is 0.305. The fraction of sp³-hybridized carbons (Fsp3) is 0.194. The van der Waals surface area contributed by atoms with Crippen LogP contribution in [0.4, 0.5) is 10.1 Å². The maximum absolute atomic E-state index is 13.7. The van der Waals surface area contributed by atoms with Gasteiger partial charge in [-0.25, -0.2) is 4.39 Å². The van der Waals surface area contributed by atoms with E-state index in [1.165, 1.54) is 52.2 Å². The van der Waals surface area contributed by atoms with Crippen LogP contribution in [0.1, 0.15) is 38.8 Å². The zero-order valence-electron chi connectivity index (χ0n) is 23.1. The van der Waals surface area contributed by atoms with Crippen LogP contribution >= 0.6 is 0 Å². The smallest absolute Gasteiger partial charge is 0.275 e. The first kappa shape index (κ1) is 29.0. The highest BCUT2D eigenvalue weighted by molar-refractivity contribution is 6.08. The molecule has 0 bridgehead atoms. The molecule has 0 aliphatic rings. The van der Waals surface area contributed by atoms with E-state index in [1.807, 2.05) is 0 Å². The van der Waals surface area contributed by atoms with Crippen molar-refractivity contribution in [2.75, 3.05) is 26.5 Å². The number of pyridine rings is 2. The lowest BCUT2D eigenvalue weighted by atomic mass is 10.0. The topological polar surface area (TPSA) is 113 Å². The van der Waals surface area contributed by atoms with Crippen molar-refractivity contribution in [3.8, 4) is 11.3 Å². The summed E-state index contributed by atoms with van der Waals surface area (Å²) in [6, 6.07) is 16.4. The Balaban J connectivity index is 1.78. The van der Waals surface area contributed by atoms with Crippen molar-refractivity contribution in [1.29, 1.82) is 0 Å². The second kappa shape index (κ2) is 12.5. The summed E-state index contributed by atoms with van der Waals surface area (Å²) in [5.74, 6) is -1.37. The van der Waals surface area contributed by atoms with Gasteiger partial charge in [0, 0.05) is 43.2 Å². The fourth-order valence-corrected chi connectivity index (χ4v) is 4.17. The Morgan fingerprint density at radius 2 is 1.68 bits per heavy atom. The van der Waals surface area contributed by atoms with Gasteiger partial charge in [0.05, 0.1) is 18.3 Å². The van der Waals surface area contributed by atoms with Crippen molar-refractivity contribution in [2.24, 2.45) is 0 Å². The molecule has 2 amide bonds. The van der Waals surface area contributed by atoms with Gasteiger partial charge in [-0.1, -0.05) is 12.1 Å². The third-order valence-corrected chi connectivity index (χ3v) is 6.57. The molecule has 2 N–H and O–H groups in total. The molecule has 9 nitrogen and oxygen atoms in total. The third kappa shape index (κ3) is 6.62. The van der Waals surface area contributed by atoms with Gasteiger partial charge in [0.2, 0.25) is 5.91 Å². The number of likely N-dealkylation sites (N-methyl/N-ethyl adjacent to an activating group) is 1. The Labute approximate surface area is 236 Å². The zero-order valence-corrected chi connectivity index (χ0v) is 23.1. The minimum Gasteiger partial charge on any atom is -0.345 e. The molecular formula is C31H30FN5O4. The van der Waals surface area contributed by atoms with E-state index in [2.05, 4.69) is 15.6 Å². The van der Waals surface area contributed by atoms with Crippen molar-refractivity contribution < 1.29 is 18.8 Å². The van der Waals surface area contributed by atoms with Gasteiger partial charge < -0.3 is 20.1 Å². The lowest BCUT2D eigenvalue weighted by Crippen LogP contribution is -2.37. The predicted molar refractivity (Wildman–Crippen MR) is 154 cm³/mol. The minimum atomic E-state index is -0.533. The average molecular weight is 556 g/mol. The molecule has 41 heavy (non-hydrogen) atoms. The van der Waals surface area contributed by atoms with Crippen LogP contribution in [0.3, 0.4) is 0 Å². The number of halogens is 1. The summed E-state index contributed by atoms with van der Waals surface area (Å²) >= 11 is 0. The Morgan fingerprint density at radius 3 is 2.37 bits per heavy atom. The number of hydrogen-bond donors (Lipinski definition) is 2. The number of ketones is 1. The van der Waals surface area contributed by atoms with E-state index >= 15 is 0 Å². The summed E-state index contributed by atoms with van der Waals surface area (Å²) in [7, 11) is 4.95.